The predicted molar refractivity (Wildman–Crippen MR) is 86.1 cm³/mol. The fourth-order valence-corrected chi connectivity index (χ4v) is 3.61. The smallest absolute Gasteiger partial charge is 0.222 e. The van der Waals surface area contributed by atoms with Gasteiger partial charge in [0.1, 0.15) is 0 Å². The Balaban J connectivity index is 1.47. The summed E-state index contributed by atoms with van der Waals surface area (Å²) in [6.07, 6.45) is 6.39. The first-order valence-corrected chi connectivity index (χ1v) is 8.19. The summed E-state index contributed by atoms with van der Waals surface area (Å²) in [5, 5.41) is 4.23. The molecule has 0 N–H and O–H groups in total. The zero-order valence-corrected chi connectivity index (χ0v) is 13.1. The van der Waals surface area contributed by atoms with Crippen molar-refractivity contribution < 1.29 is 9.53 Å². The molecule has 0 radical (unpaired) electrons. The van der Waals surface area contributed by atoms with Crippen molar-refractivity contribution in [2.45, 2.75) is 25.8 Å². The van der Waals surface area contributed by atoms with Gasteiger partial charge >= 0.3 is 0 Å². The largest absolute Gasteiger partial charge is 0.381 e. The number of likely N-dealkylation sites (tertiary alicyclic amines) is 1. The van der Waals surface area contributed by atoms with Gasteiger partial charge in [0, 0.05) is 43.9 Å². The van der Waals surface area contributed by atoms with Crippen LogP contribution in [-0.4, -0.2) is 40.3 Å². The van der Waals surface area contributed by atoms with E-state index in [0.29, 0.717) is 13.0 Å². The van der Waals surface area contributed by atoms with Crippen molar-refractivity contribution in [2.24, 2.45) is 5.41 Å². The van der Waals surface area contributed by atoms with Crippen LogP contribution < -0.4 is 0 Å². The quantitative estimate of drug-likeness (QED) is 0.874. The van der Waals surface area contributed by atoms with E-state index in [-0.39, 0.29) is 11.3 Å². The number of hydrogen-bond acceptors (Lipinski definition) is 3. The van der Waals surface area contributed by atoms with Gasteiger partial charge in [-0.1, -0.05) is 12.1 Å². The maximum atomic E-state index is 12.3. The lowest BCUT2D eigenvalue weighted by Crippen LogP contribution is -2.46. The summed E-state index contributed by atoms with van der Waals surface area (Å²) in [4.78, 5) is 14.3. The van der Waals surface area contributed by atoms with Crippen LogP contribution in [0, 0.1) is 5.41 Å². The van der Waals surface area contributed by atoms with Crippen LogP contribution in [0.15, 0.2) is 42.7 Å². The Kier molecular flexibility index (Phi) is 3.65. The van der Waals surface area contributed by atoms with Crippen molar-refractivity contribution >= 4 is 5.91 Å². The number of benzene rings is 1. The van der Waals surface area contributed by atoms with Crippen molar-refractivity contribution in [3.8, 4) is 5.69 Å². The first-order chi connectivity index (χ1) is 11.2. The molecule has 0 unspecified atom stereocenters. The lowest BCUT2D eigenvalue weighted by Gasteiger charge is -2.39. The molecule has 23 heavy (non-hydrogen) atoms. The third kappa shape index (κ3) is 2.88. The molecule has 2 aliphatic heterocycles. The van der Waals surface area contributed by atoms with Crippen LogP contribution in [0.4, 0.5) is 0 Å². The molecule has 0 saturated carbocycles. The van der Waals surface area contributed by atoms with Gasteiger partial charge in [-0.3, -0.25) is 4.79 Å². The lowest BCUT2D eigenvalue weighted by atomic mass is 9.79. The summed E-state index contributed by atoms with van der Waals surface area (Å²) in [7, 11) is 0. The van der Waals surface area contributed by atoms with Crippen LogP contribution in [0.5, 0.6) is 0 Å². The number of ether oxygens (including phenoxy) is 1. The number of carbonyl (C=O) groups excluding carboxylic acids is 1. The maximum Gasteiger partial charge on any atom is 0.222 e. The zero-order chi connectivity index (χ0) is 15.7. The monoisotopic (exact) mass is 311 g/mol. The van der Waals surface area contributed by atoms with E-state index in [1.165, 1.54) is 0 Å². The number of carbonyl (C=O) groups is 1. The highest BCUT2D eigenvalue weighted by Crippen LogP contribution is 2.38. The summed E-state index contributed by atoms with van der Waals surface area (Å²) in [6, 6.07) is 10.2. The second-order valence-corrected chi connectivity index (χ2v) is 6.67. The van der Waals surface area contributed by atoms with E-state index < -0.39 is 0 Å². The predicted octanol–water partition coefficient (Wildman–Crippen LogP) is 2.40. The van der Waals surface area contributed by atoms with Gasteiger partial charge in [-0.05, 0) is 36.6 Å². The molecule has 2 aliphatic rings. The van der Waals surface area contributed by atoms with Crippen LogP contribution in [0.3, 0.4) is 0 Å². The highest BCUT2D eigenvalue weighted by Gasteiger charge is 2.41. The van der Waals surface area contributed by atoms with Crippen LogP contribution in [0.1, 0.15) is 24.8 Å². The van der Waals surface area contributed by atoms with E-state index in [4.69, 9.17) is 4.74 Å². The van der Waals surface area contributed by atoms with Gasteiger partial charge < -0.3 is 9.64 Å². The number of hydrogen-bond donors (Lipinski definition) is 0. The van der Waals surface area contributed by atoms with Crippen molar-refractivity contribution in [3.05, 3.63) is 48.3 Å². The summed E-state index contributed by atoms with van der Waals surface area (Å²) < 4.78 is 7.41. The number of piperidine rings is 1. The fourth-order valence-electron chi connectivity index (χ4n) is 3.61. The minimum atomic E-state index is 0.197. The zero-order valence-electron chi connectivity index (χ0n) is 13.1. The molecule has 120 valence electrons. The molecule has 4 rings (SSSR count). The molecule has 2 aromatic rings. The Morgan fingerprint density at radius 3 is 2.78 bits per heavy atom. The average Bonchev–Trinajstić information content (AvgIpc) is 3.24. The van der Waals surface area contributed by atoms with E-state index in [1.807, 2.05) is 34.0 Å². The molecule has 1 amide bonds. The van der Waals surface area contributed by atoms with Crippen LogP contribution >= 0.6 is 0 Å². The lowest BCUT2D eigenvalue weighted by molar-refractivity contribution is -0.138. The van der Waals surface area contributed by atoms with Gasteiger partial charge in [0.2, 0.25) is 5.91 Å². The van der Waals surface area contributed by atoms with E-state index in [9.17, 15) is 4.79 Å². The number of rotatable bonds is 3. The Morgan fingerprint density at radius 1 is 1.22 bits per heavy atom. The third-order valence-corrected chi connectivity index (χ3v) is 5.01. The molecular formula is C18H21N3O2. The Labute approximate surface area is 135 Å². The van der Waals surface area contributed by atoms with Gasteiger partial charge in [-0.15, -0.1) is 0 Å². The summed E-state index contributed by atoms with van der Waals surface area (Å²) in [5.41, 5.74) is 2.39. The van der Waals surface area contributed by atoms with Gasteiger partial charge in [0.15, 0.2) is 0 Å². The summed E-state index contributed by atoms with van der Waals surface area (Å²) >= 11 is 0. The molecule has 1 atom stereocenters. The van der Waals surface area contributed by atoms with E-state index in [0.717, 1.165) is 43.9 Å². The average molecular weight is 311 g/mol. The van der Waals surface area contributed by atoms with E-state index in [2.05, 4.69) is 17.2 Å². The SMILES string of the molecule is O=C1CC[C@]2(CCOC2)CN1Cc1ccc(-n2cccn2)cc1. The highest BCUT2D eigenvalue weighted by molar-refractivity contribution is 5.77. The topological polar surface area (TPSA) is 47.4 Å². The third-order valence-electron chi connectivity index (χ3n) is 5.01. The minimum Gasteiger partial charge on any atom is -0.381 e. The molecular weight excluding hydrogens is 290 g/mol. The molecule has 2 saturated heterocycles. The summed E-state index contributed by atoms with van der Waals surface area (Å²) in [5.74, 6) is 0.263. The van der Waals surface area contributed by atoms with E-state index >= 15 is 0 Å². The first-order valence-electron chi connectivity index (χ1n) is 8.19. The van der Waals surface area contributed by atoms with Crippen LogP contribution in [-0.2, 0) is 16.1 Å². The van der Waals surface area contributed by atoms with Gasteiger partial charge in [0.25, 0.3) is 0 Å². The first kappa shape index (κ1) is 14.5. The molecule has 1 spiro atoms. The second kappa shape index (κ2) is 5.81. The Bertz CT molecular complexity index is 673. The molecule has 3 heterocycles. The number of nitrogens with zero attached hydrogens (tertiary/aromatic N) is 3. The van der Waals surface area contributed by atoms with Crippen molar-refractivity contribution in [2.75, 3.05) is 19.8 Å². The van der Waals surface area contributed by atoms with Crippen LogP contribution in [0.2, 0.25) is 0 Å². The van der Waals surface area contributed by atoms with Crippen molar-refractivity contribution in [1.82, 2.24) is 14.7 Å². The second-order valence-electron chi connectivity index (χ2n) is 6.67. The molecule has 1 aromatic carbocycles. The standard InChI is InChI=1S/C18H21N3O2/c22-17-6-7-18(8-11-23-14-18)13-20(17)12-15-2-4-16(5-3-15)21-10-1-9-19-21/h1-5,9-10H,6-8,11-14H2/t18-/m0/s1. The van der Waals surface area contributed by atoms with Gasteiger partial charge in [0.05, 0.1) is 12.3 Å². The van der Waals surface area contributed by atoms with Crippen molar-refractivity contribution in [3.63, 3.8) is 0 Å². The fraction of sp³-hybridized carbons (Fsp3) is 0.444. The van der Waals surface area contributed by atoms with Gasteiger partial charge in [-0.25, -0.2) is 4.68 Å². The van der Waals surface area contributed by atoms with E-state index in [1.54, 1.807) is 6.20 Å². The maximum absolute atomic E-state index is 12.3. The molecule has 5 heteroatoms. The minimum absolute atomic E-state index is 0.197. The molecule has 5 nitrogen and oxygen atoms in total. The van der Waals surface area contributed by atoms with Crippen molar-refractivity contribution in [1.29, 1.82) is 0 Å². The molecule has 0 aliphatic carbocycles. The Morgan fingerprint density at radius 2 is 2.09 bits per heavy atom. The Hall–Kier alpha value is -2.14. The molecule has 0 bridgehead atoms. The molecule has 1 aromatic heterocycles. The highest BCUT2D eigenvalue weighted by atomic mass is 16.5. The number of aromatic nitrogens is 2. The summed E-state index contributed by atoms with van der Waals surface area (Å²) in [6.45, 7) is 3.14. The number of amides is 1. The molecule has 2 fully saturated rings. The van der Waals surface area contributed by atoms with Crippen LogP contribution in [0.25, 0.3) is 5.69 Å². The normalized spacial score (nSPS) is 24.5. The van der Waals surface area contributed by atoms with Gasteiger partial charge in [-0.2, -0.15) is 5.10 Å².